The van der Waals surface area contributed by atoms with Crippen LogP contribution in [0.3, 0.4) is 0 Å². The van der Waals surface area contributed by atoms with Crippen molar-refractivity contribution < 1.29 is 14.4 Å². The van der Waals surface area contributed by atoms with Gasteiger partial charge in [-0.05, 0) is 12.8 Å². The van der Waals surface area contributed by atoms with Crippen LogP contribution >= 0.6 is 0 Å². The first-order valence-corrected chi connectivity index (χ1v) is 4.72. The van der Waals surface area contributed by atoms with Gasteiger partial charge in [-0.25, -0.2) is 0 Å². The first-order valence-electron chi connectivity index (χ1n) is 4.72. The van der Waals surface area contributed by atoms with Crippen molar-refractivity contribution in [3.05, 3.63) is 11.8 Å². The maximum Gasteiger partial charge on any atom is 0.234 e. The van der Waals surface area contributed by atoms with Crippen LogP contribution in [0.2, 0.25) is 0 Å². The summed E-state index contributed by atoms with van der Waals surface area (Å²) in [5.41, 5.74) is 0.720. The van der Waals surface area contributed by atoms with E-state index in [2.05, 4.69) is 0 Å². The quantitative estimate of drug-likeness (QED) is 0.567. The van der Waals surface area contributed by atoms with Crippen LogP contribution in [0.25, 0.3) is 0 Å². The van der Waals surface area contributed by atoms with Crippen molar-refractivity contribution in [1.29, 1.82) is 0 Å². The summed E-state index contributed by atoms with van der Waals surface area (Å²) >= 11 is 0. The van der Waals surface area contributed by atoms with Gasteiger partial charge in [-0.3, -0.25) is 14.4 Å². The third kappa shape index (κ3) is 1.60. The smallest absolute Gasteiger partial charge is 0.234 e. The van der Waals surface area contributed by atoms with Crippen LogP contribution in [-0.2, 0) is 14.4 Å². The summed E-state index contributed by atoms with van der Waals surface area (Å²) in [4.78, 5) is 34.9. The number of amides is 1. The minimum atomic E-state index is -0.170. The molecule has 1 amide bonds. The Labute approximate surface area is 81.6 Å². The van der Waals surface area contributed by atoms with Crippen molar-refractivity contribution in [3.63, 3.8) is 0 Å². The van der Waals surface area contributed by atoms with Crippen LogP contribution in [-0.4, -0.2) is 28.9 Å². The Bertz CT molecular complexity index is 343. The molecule has 74 valence electrons. The van der Waals surface area contributed by atoms with E-state index < -0.39 is 0 Å². The van der Waals surface area contributed by atoms with Gasteiger partial charge in [0, 0.05) is 18.2 Å². The van der Waals surface area contributed by atoms with E-state index in [9.17, 15) is 14.4 Å². The lowest BCUT2D eigenvalue weighted by atomic mass is 10.0. The van der Waals surface area contributed by atoms with Crippen LogP contribution in [0.5, 0.6) is 0 Å². The highest BCUT2D eigenvalue weighted by molar-refractivity contribution is 6.06. The number of hydrogen-bond acceptors (Lipinski definition) is 3. The molecular formula is C10H11NO3. The van der Waals surface area contributed by atoms with Gasteiger partial charge in [0.05, 0.1) is 13.0 Å². The van der Waals surface area contributed by atoms with E-state index >= 15 is 0 Å². The molecule has 0 aromatic rings. The fourth-order valence-corrected chi connectivity index (χ4v) is 1.83. The summed E-state index contributed by atoms with van der Waals surface area (Å²) in [7, 11) is 0. The molecular weight excluding hydrogens is 182 g/mol. The SMILES string of the molecule is O=C1C=C(N2CC(=O)CC2=O)CCC1. The number of likely N-dealkylation sites (tertiary alicyclic amines) is 1. The fourth-order valence-electron chi connectivity index (χ4n) is 1.83. The molecule has 0 aromatic carbocycles. The Morgan fingerprint density at radius 2 is 1.93 bits per heavy atom. The minimum Gasteiger partial charge on any atom is -0.308 e. The van der Waals surface area contributed by atoms with E-state index in [1.165, 1.54) is 11.0 Å². The highest BCUT2D eigenvalue weighted by Gasteiger charge is 2.30. The molecule has 2 aliphatic rings. The average Bonchev–Trinajstić information content (AvgIpc) is 2.45. The normalized spacial score (nSPS) is 23.0. The molecule has 1 aliphatic carbocycles. The average molecular weight is 193 g/mol. The van der Waals surface area contributed by atoms with Crippen molar-refractivity contribution >= 4 is 17.5 Å². The number of hydrogen-bond donors (Lipinski definition) is 0. The third-order valence-corrected chi connectivity index (χ3v) is 2.51. The second-order valence-corrected chi connectivity index (χ2v) is 3.65. The minimum absolute atomic E-state index is 0.00840. The second-order valence-electron chi connectivity index (χ2n) is 3.65. The zero-order valence-electron chi connectivity index (χ0n) is 7.78. The first kappa shape index (κ1) is 9.12. The number of carbonyl (C=O) groups excluding carboxylic acids is 3. The molecule has 0 atom stereocenters. The highest BCUT2D eigenvalue weighted by Crippen LogP contribution is 2.22. The molecule has 14 heavy (non-hydrogen) atoms. The Hall–Kier alpha value is -1.45. The Morgan fingerprint density at radius 1 is 1.14 bits per heavy atom. The summed E-state index contributed by atoms with van der Waals surface area (Å²) < 4.78 is 0. The molecule has 0 spiro atoms. The summed E-state index contributed by atoms with van der Waals surface area (Å²) in [5, 5.41) is 0. The first-order chi connectivity index (χ1) is 6.66. The lowest BCUT2D eigenvalue weighted by molar-refractivity contribution is -0.126. The molecule has 4 nitrogen and oxygen atoms in total. The molecule has 1 saturated heterocycles. The van der Waals surface area contributed by atoms with Gasteiger partial charge in [0.1, 0.15) is 0 Å². The van der Waals surface area contributed by atoms with Gasteiger partial charge < -0.3 is 4.90 Å². The molecule has 0 unspecified atom stereocenters. The molecule has 4 heteroatoms. The fraction of sp³-hybridized carbons (Fsp3) is 0.500. The van der Waals surface area contributed by atoms with Gasteiger partial charge >= 0.3 is 0 Å². The Kier molecular flexibility index (Phi) is 2.19. The van der Waals surface area contributed by atoms with Gasteiger partial charge in [0.15, 0.2) is 11.6 Å². The van der Waals surface area contributed by atoms with Crippen molar-refractivity contribution in [2.24, 2.45) is 0 Å². The molecule has 1 heterocycles. The number of rotatable bonds is 1. The predicted octanol–water partition coefficient (Wildman–Crippen LogP) is 0.425. The summed E-state index contributed by atoms with van der Waals surface area (Å²) in [6.45, 7) is 0.151. The number of allylic oxidation sites excluding steroid dienone is 2. The second kappa shape index (κ2) is 3.36. The zero-order valence-corrected chi connectivity index (χ0v) is 7.78. The van der Waals surface area contributed by atoms with Gasteiger partial charge in [-0.2, -0.15) is 0 Å². The standard InChI is InChI=1S/C10H11NO3/c12-8-3-1-2-7(4-8)11-6-9(13)5-10(11)14/h4H,1-3,5-6H2. The van der Waals surface area contributed by atoms with Gasteiger partial charge in [0.25, 0.3) is 0 Å². The monoisotopic (exact) mass is 193 g/mol. The summed E-state index contributed by atoms with van der Waals surface area (Å²) in [6, 6.07) is 0. The Balaban J connectivity index is 2.19. The van der Waals surface area contributed by atoms with Crippen molar-refractivity contribution in [2.45, 2.75) is 25.7 Å². The third-order valence-electron chi connectivity index (χ3n) is 2.51. The largest absolute Gasteiger partial charge is 0.308 e. The molecule has 2 rings (SSSR count). The van der Waals surface area contributed by atoms with Gasteiger partial charge in [-0.1, -0.05) is 0 Å². The van der Waals surface area contributed by atoms with E-state index in [1.54, 1.807) is 0 Å². The number of ketones is 2. The molecule has 0 aromatic heterocycles. The number of carbonyl (C=O) groups is 3. The Morgan fingerprint density at radius 3 is 2.50 bits per heavy atom. The van der Waals surface area contributed by atoms with Crippen LogP contribution in [0.1, 0.15) is 25.7 Å². The molecule has 0 saturated carbocycles. The highest BCUT2D eigenvalue weighted by atomic mass is 16.2. The van der Waals surface area contributed by atoms with E-state index in [4.69, 9.17) is 0 Å². The van der Waals surface area contributed by atoms with E-state index in [1.807, 2.05) is 0 Å². The van der Waals surface area contributed by atoms with Crippen molar-refractivity contribution in [1.82, 2.24) is 4.90 Å². The van der Waals surface area contributed by atoms with E-state index in [0.29, 0.717) is 6.42 Å². The van der Waals surface area contributed by atoms with Crippen LogP contribution in [0.4, 0.5) is 0 Å². The topological polar surface area (TPSA) is 54.5 Å². The molecule has 0 bridgehead atoms. The van der Waals surface area contributed by atoms with Crippen LogP contribution in [0.15, 0.2) is 11.8 Å². The van der Waals surface area contributed by atoms with Gasteiger partial charge in [0.2, 0.25) is 5.91 Å². The number of Topliss-reactive ketones (excluding diaryl/α,β-unsaturated/α-hetero) is 1. The molecule has 1 aliphatic heterocycles. The lowest BCUT2D eigenvalue weighted by Gasteiger charge is -2.21. The summed E-state index contributed by atoms with van der Waals surface area (Å²) in [6.07, 6.45) is 3.55. The molecule has 0 N–H and O–H groups in total. The predicted molar refractivity (Wildman–Crippen MR) is 48.3 cm³/mol. The van der Waals surface area contributed by atoms with E-state index in [0.717, 1.165) is 18.5 Å². The van der Waals surface area contributed by atoms with Crippen LogP contribution in [0, 0.1) is 0 Å². The maximum atomic E-state index is 11.3. The van der Waals surface area contributed by atoms with Crippen molar-refractivity contribution in [2.75, 3.05) is 6.54 Å². The van der Waals surface area contributed by atoms with Gasteiger partial charge in [-0.15, -0.1) is 0 Å². The summed E-state index contributed by atoms with van der Waals surface area (Å²) in [5.74, 6) is -0.178. The zero-order chi connectivity index (χ0) is 10.1. The maximum absolute atomic E-state index is 11.3. The van der Waals surface area contributed by atoms with Crippen LogP contribution < -0.4 is 0 Å². The molecule has 0 radical (unpaired) electrons. The molecule has 1 fully saturated rings. The van der Waals surface area contributed by atoms with E-state index in [-0.39, 0.29) is 30.4 Å². The van der Waals surface area contributed by atoms with Crippen molar-refractivity contribution in [3.8, 4) is 0 Å². The lowest BCUT2D eigenvalue weighted by Crippen LogP contribution is -2.26. The number of nitrogens with zero attached hydrogens (tertiary/aromatic N) is 1.